The minimum Gasteiger partial charge on any atom is -0.324 e. The van der Waals surface area contributed by atoms with Crippen LogP contribution in [0.25, 0.3) is 0 Å². The molecule has 112 valence electrons. The van der Waals surface area contributed by atoms with Gasteiger partial charge in [0, 0.05) is 12.6 Å². The summed E-state index contributed by atoms with van der Waals surface area (Å²) < 4.78 is 26.6. The maximum Gasteiger partial charge on any atom is 0.291 e. The normalized spacial score (nSPS) is 12.9. The zero-order chi connectivity index (χ0) is 15.3. The van der Waals surface area contributed by atoms with E-state index in [2.05, 4.69) is 10.1 Å². The number of sulfonamides is 1. The Morgan fingerprint density at radius 3 is 2.60 bits per heavy atom. The molecule has 0 bridgehead atoms. The van der Waals surface area contributed by atoms with Gasteiger partial charge in [-0.1, -0.05) is 20.3 Å². The Balaban J connectivity index is 3.14. The largest absolute Gasteiger partial charge is 0.324 e. The fourth-order valence-electron chi connectivity index (χ4n) is 1.45. The van der Waals surface area contributed by atoms with E-state index in [0.717, 1.165) is 18.6 Å². The monoisotopic (exact) mass is 302 g/mol. The molecule has 1 unspecified atom stereocenters. The predicted molar refractivity (Wildman–Crippen MR) is 75.6 cm³/mol. The number of hydrazine groups is 1. The molecule has 0 aromatic heterocycles. The Hall–Kier alpha value is -1.71. The number of nitrogens with two attached hydrogens (primary N) is 1. The number of nitrogen functional groups attached to an aromatic ring is 1. The van der Waals surface area contributed by atoms with Crippen LogP contribution in [0.3, 0.4) is 0 Å². The molecule has 0 fully saturated rings. The highest BCUT2D eigenvalue weighted by atomic mass is 32.2. The van der Waals surface area contributed by atoms with E-state index in [-0.39, 0.29) is 23.0 Å². The first-order valence-corrected chi connectivity index (χ1v) is 7.54. The molecule has 0 saturated heterocycles. The summed E-state index contributed by atoms with van der Waals surface area (Å²) in [5.41, 5.74) is 1.99. The number of nitro groups is 1. The SMILES string of the molecule is CCC(C)CNS(=O)(=O)c1ccc(NN)cc1[N+](=O)[O-]. The van der Waals surface area contributed by atoms with Crippen molar-refractivity contribution < 1.29 is 13.3 Å². The van der Waals surface area contributed by atoms with Gasteiger partial charge < -0.3 is 5.43 Å². The van der Waals surface area contributed by atoms with E-state index in [4.69, 9.17) is 5.84 Å². The molecule has 8 nitrogen and oxygen atoms in total. The van der Waals surface area contributed by atoms with E-state index in [1.807, 2.05) is 13.8 Å². The van der Waals surface area contributed by atoms with E-state index in [1.165, 1.54) is 6.07 Å². The molecule has 0 aliphatic rings. The molecule has 0 aliphatic carbocycles. The summed E-state index contributed by atoms with van der Waals surface area (Å²) >= 11 is 0. The highest BCUT2D eigenvalue weighted by molar-refractivity contribution is 7.89. The lowest BCUT2D eigenvalue weighted by Gasteiger charge is -2.11. The van der Waals surface area contributed by atoms with Crippen molar-refractivity contribution >= 4 is 21.4 Å². The second kappa shape index (κ2) is 6.64. The molecule has 1 aromatic rings. The first kappa shape index (κ1) is 16.3. The molecule has 0 spiro atoms. The van der Waals surface area contributed by atoms with Crippen LogP contribution in [0.4, 0.5) is 11.4 Å². The number of nitro benzene ring substituents is 1. The smallest absolute Gasteiger partial charge is 0.291 e. The second-order valence-electron chi connectivity index (χ2n) is 4.45. The van der Waals surface area contributed by atoms with Crippen molar-refractivity contribution in [3.63, 3.8) is 0 Å². The summed E-state index contributed by atoms with van der Waals surface area (Å²) in [4.78, 5) is 9.85. The first-order chi connectivity index (χ1) is 9.31. The van der Waals surface area contributed by atoms with Crippen molar-refractivity contribution in [2.24, 2.45) is 11.8 Å². The number of nitrogens with one attached hydrogen (secondary N) is 2. The Morgan fingerprint density at radius 1 is 1.45 bits per heavy atom. The minimum absolute atomic E-state index is 0.147. The highest BCUT2D eigenvalue weighted by Crippen LogP contribution is 2.26. The molecule has 1 atom stereocenters. The quantitative estimate of drug-likeness (QED) is 0.394. The molecule has 0 saturated carbocycles. The third kappa shape index (κ3) is 3.89. The minimum atomic E-state index is -3.93. The van der Waals surface area contributed by atoms with Crippen LogP contribution in [-0.2, 0) is 10.0 Å². The van der Waals surface area contributed by atoms with Gasteiger partial charge in [-0.15, -0.1) is 0 Å². The molecule has 1 rings (SSSR count). The summed E-state index contributed by atoms with van der Waals surface area (Å²) in [6, 6.07) is 3.61. The van der Waals surface area contributed by atoms with Crippen molar-refractivity contribution in [1.29, 1.82) is 0 Å². The number of benzene rings is 1. The Labute approximate surface area is 117 Å². The molecular weight excluding hydrogens is 284 g/mol. The van der Waals surface area contributed by atoms with Gasteiger partial charge in [-0.05, 0) is 18.1 Å². The van der Waals surface area contributed by atoms with Gasteiger partial charge in [-0.25, -0.2) is 13.1 Å². The number of rotatable bonds is 7. The van der Waals surface area contributed by atoms with E-state index >= 15 is 0 Å². The molecule has 9 heteroatoms. The van der Waals surface area contributed by atoms with E-state index in [9.17, 15) is 18.5 Å². The van der Waals surface area contributed by atoms with E-state index in [0.29, 0.717) is 0 Å². The van der Waals surface area contributed by atoms with Gasteiger partial charge in [0.25, 0.3) is 5.69 Å². The zero-order valence-electron chi connectivity index (χ0n) is 11.3. The lowest BCUT2D eigenvalue weighted by molar-refractivity contribution is -0.387. The third-order valence-corrected chi connectivity index (χ3v) is 4.40. The fraction of sp³-hybridized carbons (Fsp3) is 0.455. The maximum atomic E-state index is 12.1. The van der Waals surface area contributed by atoms with Gasteiger partial charge in [0.05, 0.1) is 10.6 Å². The van der Waals surface area contributed by atoms with Crippen LogP contribution in [0.15, 0.2) is 23.1 Å². The van der Waals surface area contributed by atoms with Gasteiger partial charge in [-0.3, -0.25) is 16.0 Å². The van der Waals surface area contributed by atoms with Gasteiger partial charge in [-0.2, -0.15) is 0 Å². The molecule has 0 heterocycles. The molecule has 1 aromatic carbocycles. The molecular formula is C11H18N4O4S. The maximum absolute atomic E-state index is 12.1. The predicted octanol–water partition coefficient (Wildman–Crippen LogP) is 1.20. The third-order valence-electron chi connectivity index (χ3n) is 2.93. The molecule has 20 heavy (non-hydrogen) atoms. The van der Waals surface area contributed by atoms with E-state index in [1.54, 1.807) is 0 Å². The van der Waals surface area contributed by atoms with Gasteiger partial charge in [0.1, 0.15) is 0 Å². The number of hydrogen-bond acceptors (Lipinski definition) is 6. The number of nitrogens with zero attached hydrogens (tertiary/aromatic N) is 1. The zero-order valence-corrected chi connectivity index (χ0v) is 12.1. The van der Waals surface area contributed by atoms with Crippen LogP contribution in [0, 0.1) is 16.0 Å². The summed E-state index contributed by atoms with van der Waals surface area (Å²) in [6.07, 6.45) is 0.806. The van der Waals surface area contributed by atoms with Gasteiger partial charge in [0.2, 0.25) is 10.0 Å². The van der Waals surface area contributed by atoms with E-state index < -0.39 is 20.6 Å². The van der Waals surface area contributed by atoms with Crippen LogP contribution in [-0.4, -0.2) is 19.9 Å². The number of anilines is 1. The Bertz CT molecular complexity index is 588. The van der Waals surface area contributed by atoms with Crippen molar-refractivity contribution in [2.45, 2.75) is 25.2 Å². The van der Waals surface area contributed by atoms with Crippen LogP contribution < -0.4 is 16.0 Å². The van der Waals surface area contributed by atoms with Gasteiger partial charge in [0.15, 0.2) is 4.90 Å². The Kier molecular flexibility index (Phi) is 5.43. The van der Waals surface area contributed by atoms with Crippen molar-refractivity contribution in [3.8, 4) is 0 Å². The van der Waals surface area contributed by atoms with Crippen molar-refractivity contribution in [2.75, 3.05) is 12.0 Å². The standard InChI is InChI=1S/C11H18N4O4S/c1-3-8(2)7-13-20(18,19)11-5-4-9(14-12)6-10(11)15(16)17/h4-6,8,13-14H,3,7,12H2,1-2H3. The van der Waals surface area contributed by atoms with Crippen LogP contribution in [0.1, 0.15) is 20.3 Å². The summed E-state index contributed by atoms with van der Waals surface area (Å²) in [7, 11) is -3.93. The first-order valence-electron chi connectivity index (χ1n) is 6.06. The molecule has 4 N–H and O–H groups in total. The average molecular weight is 302 g/mol. The lowest BCUT2D eigenvalue weighted by atomic mass is 10.1. The molecule has 0 amide bonds. The van der Waals surface area contributed by atoms with Crippen LogP contribution in [0.2, 0.25) is 0 Å². The second-order valence-corrected chi connectivity index (χ2v) is 6.18. The molecule has 0 aliphatic heterocycles. The average Bonchev–Trinajstić information content (AvgIpc) is 2.43. The van der Waals surface area contributed by atoms with Crippen LogP contribution >= 0.6 is 0 Å². The lowest BCUT2D eigenvalue weighted by Crippen LogP contribution is -2.28. The highest BCUT2D eigenvalue weighted by Gasteiger charge is 2.26. The van der Waals surface area contributed by atoms with Gasteiger partial charge >= 0.3 is 0 Å². The van der Waals surface area contributed by atoms with Crippen molar-refractivity contribution in [3.05, 3.63) is 28.3 Å². The summed E-state index contributed by atoms with van der Waals surface area (Å²) in [6.45, 7) is 4.05. The van der Waals surface area contributed by atoms with Crippen molar-refractivity contribution in [1.82, 2.24) is 4.72 Å². The topological polar surface area (TPSA) is 127 Å². The van der Waals surface area contributed by atoms with Crippen LogP contribution in [0.5, 0.6) is 0 Å². The number of hydrogen-bond donors (Lipinski definition) is 3. The fourth-order valence-corrected chi connectivity index (χ4v) is 2.77. The Morgan fingerprint density at radius 2 is 2.10 bits per heavy atom. The summed E-state index contributed by atoms with van der Waals surface area (Å²) in [5.74, 6) is 5.30. The molecule has 0 radical (unpaired) electrons. The summed E-state index contributed by atoms with van der Waals surface area (Å²) in [5, 5.41) is 11.0.